The van der Waals surface area contributed by atoms with E-state index in [1.807, 2.05) is 32.0 Å². The van der Waals surface area contributed by atoms with Crippen LogP contribution in [0.3, 0.4) is 0 Å². The minimum Gasteiger partial charge on any atom is -0.307 e. The number of aryl methyl sites for hydroxylation is 1. The van der Waals surface area contributed by atoms with Gasteiger partial charge in [-0.25, -0.2) is 8.78 Å². The summed E-state index contributed by atoms with van der Waals surface area (Å²) in [4.78, 5) is 0. The highest BCUT2D eigenvalue weighted by Crippen LogP contribution is 2.27. The summed E-state index contributed by atoms with van der Waals surface area (Å²) in [6.45, 7) is 6.84. The highest BCUT2D eigenvalue weighted by Gasteiger charge is 2.17. The highest BCUT2D eigenvalue weighted by molar-refractivity contribution is 5.40. The Hall–Kier alpha value is -1.74. The molecule has 0 amide bonds. The molecule has 1 nitrogen and oxygen atoms in total. The Morgan fingerprint density at radius 3 is 2.45 bits per heavy atom. The molecule has 1 N–H and O–H groups in total. The van der Waals surface area contributed by atoms with Crippen molar-refractivity contribution in [2.75, 3.05) is 6.54 Å². The molecule has 2 aromatic rings. The average Bonchev–Trinajstić information content (AvgIpc) is 2.43. The molecule has 2 rings (SSSR count). The number of hydrogen-bond donors (Lipinski definition) is 1. The minimum absolute atomic E-state index is 0.130. The number of hydrogen-bond acceptors (Lipinski definition) is 1. The van der Waals surface area contributed by atoms with Gasteiger partial charge in [-0.3, -0.25) is 0 Å². The van der Waals surface area contributed by atoms with Crippen LogP contribution in [0, 0.1) is 25.5 Å². The zero-order valence-corrected chi connectivity index (χ0v) is 12.0. The van der Waals surface area contributed by atoms with E-state index in [4.69, 9.17) is 0 Å². The highest BCUT2D eigenvalue weighted by atomic mass is 19.2. The van der Waals surface area contributed by atoms with Gasteiger partial charge >= 0.3 is 0 Å². The van der Waals surface area contributed by atoms with Crippen LogP contribution in [0.15, 0.2) is 36.4 Å². The summed E-state index contributed by atoms with van der Waals surface area (Å²) in [5.74, 6) is -1.62. The molecule has 0 aliphatic heterocycles. The van der Waals surface area contributed by atoms with Crippen molar-refractivity contribution in [3.05, 3.63) is 70.3 Å². The largest absolute Gasteiger partial charge is 0.307 e. The quantitative estimate of drug-likeness (QED) is 0.878. The van der Waals surface area contributed by atoms with Gasteiger partial charge in [0.05, 0.1) is 6.04 Å². The first-order valence-corrected chi connectivity index (χ1v) is 6.79. The van der Waals surface area contributed by atoms with E-state index in [-0.39, 0.29) is 6.04 Å². The van der Waals surface area contributed by atoms with E-state index < -0.39 is 11.6 Å². The van der Waals surface area contributed by atoms with E-state index in [0.717, 1.165) is 17.7 Å². The number of nitrogens with one attached hydrogen (secondary N) is 1. The Labute approximate surface area is 118 Å². The Bertz CT molecular complexity index is 608. The molecule has 1 atom stereocenters. The van der Waals surface area contributed by atoms with Gasteiger partial charge in [-0.15, -0.1) is 0 Å². The lowest BCUT2D eigenvalue weighted by Crippen LogP contribution is -2.23. The summed E-state index contributed by atoms with van der Waals surface area (Å²) < 4.78 is 26.6. The van der Waals surface area contributed by atoms with Crippen molar-refractivity contribution in [1.29, 1.82) is 0 Å². The van der Waals surface area contributed by atoms with E-state index >= 15 is 0 Å². The van der Waals surface area contributed by atoms with Crippen molar-refractivity contribution < 1.29 is 8.78 Å². The molecule has 0 radical (unpaired) electrons. The zero-order chi connectivity index (χ0) is 14.7. The van der Waals surface area contributed by atoms with Crippen molar-refractivity contribution in [2.45, 2.75) is 26.8 Å². The molecule has 1 unspecified atom stereocenters. The molecular formula is C17H19F2N. The van der Waals surface area contributed by atoms with Gasteiger partial charge in [-0.1, -0.05) is 31.2 Å². The van der Waals surface area contributed by atoms with Gasteiger partial charge in [0.1, 0.15) is 0 Å². The van der Waals surface area contributed by atoms with Gasteiger partial charge in [-0.2, -0.15) is 0 Å². The molecule has 2 aromatic carbocycles. The van der Waals surface area contributed by atoms with Crippen LogP contribution in [0.1, 0.15) is 35.2 Å². The van der Waals surface area contributed by atoms with Crippen LogP contribution in [0.25, 0.3) is 0 Å². The average molecular weight is 275 g/mol. The maximum Gasteiger partial charge on any atom is 0.159 e. The van der Waals surface area contributed by atoms with E-state index in [1.54, 1.807) is 6.07 Å². The van der Waals surface area contributed by atoms with Crippen LogP contribution >= 0.6 is 0 Å². The fraction of sp³-hybridized carbons (Fsp3) is 0.294. The van der Waals surface area contributed by atoms with Crippen LogP contribution < -0.4 is 5.32 Å². The first kappa shape index (κ1) is 14.7. The van der Waals surface area contributed by atoms with Crippen molar-refractivity contribution in [3.63, 3.8) is 0 Å². The van der Waals surface area contributed by atoms with Crippen LogP contribution in [0.4, 0.5) is 8.78 Å². The van der Waals surface area contributed by atoms with E-state index in [2.05, 4.69) is 12.2 Å². The first-order valence-electron chi connectivity index (χ1n) is 6.79. The Morgan fingerprint density at radius 1 is 1.05 bits per heavy atom. The third-order valence-electron chi connectivity index (χ3n) is 3.64. The van der Waals surface area contributed by atoms with Gasteiger partial charge < -0.3 is 5.32 Å². The number of benzene rings is 2. The second-order valence-corrected chi connectivity index (χ2v) is 4.95. The molecule has 0 spiro atoms. The minimum atomic E-state index is -0.815. The van der Waals surface area contributed by atoms with Gasteiger partial charge in [0, 0.05) is 0 Å². The summed E-state index contributed by atoms with van der Waals surface area (Å²) in [5.41, 5.74) is 4.19. The topological polar surface area (TPSA) is 12.0 Å². The summed E-state index contributed by atoms with van der Waals surface area (Å²) in [5, 5.41) is 3.34. The Kier molecular flexibility index (Phi) is 4.50. The molecule has 0 saturated carbocycles. The van der Waals surface area contributed by atoms with Gasteiger partial charge in [-0.05, 0) is 54.8 Å². The maximum absolute atomic E-state index is 13.5. The van der Waals surface area contributed by atoms with Crippen molar-refractivity contribution in [2.24, 2.45) is 0 Å². The lowest BCUT2D eigenvalue weighted by molar-refractivity contribution is 0.503. The van der Waals surface area contributed by atoms with E-state index in [0.29, 0.717) is 0 Å². The number of rotatable bonds is 4. The maximum atomic E-state index is 13.5. The summed E-state index contributed by atoms with van der Waals surface area (Å²) in [7, 11) is 0. The summed E-state index contributed by atoms with van der Waals surface area (Å²) in [6.07, 6.45) is 0. The predicted octanol–water partition coefficient (Wildman–Crippen LogP) is 4.28. The normalized spacial score (nSPS) is 12.4. The Balaban J connectivity index is 2.50. The second kappa shape index (κ2) is 6.14. The Morgan fingerprint density at radius 2 is 1.80 bits per heavy atom. The molecule has 0 bridgehead atoms. The van der Waals surface area contributed by atoms with Gasteiger partial charge in [0.15, 0.2) is 11.6 Å². The predicted molar refractivity (Wildman–Crippen MR) is 77.8 cm³/mol. The molecule has 0 fully saturated rings. The van der Waals surface area contributed by atoms with Crippen LogP contribution in [-0.2, 0) is 0 Å². The van der Waals surface area contributed by atoms with E-state index in [1.165, 1.54) is 23.3 Å². The molecule has 3 heteroatoms. The third kappa shape index (κ3) is 2.88. The third-order valence-corrected chi connectivity index (χ3v) is 3.64. The monoisotopic (exact) mass is 275 g/mol. The van der Waals surface area contributed by atoms with Gasteiger partial charge in [0.2, 0.25) is 0 Å². The fourth-order valence-electron chi connectivity index (χ4n) is 2.39. The standard InChI is InChI=1S/C17H19F2N/c1-4-20-17(13-8-9-15(18)16(19)10-13)14-7-5-6-11(2)12(14)3/h5-10,17,20H,4H2,1-3H3. The van der Waals surface area contributed by atoms with Crippen molar-refractivity contribution >= 4 is 0 Å². The molecule has 0 saturated heterocycles. The molecule has 0 aliphatic rings. The first-order chi connectivity index (χ1) is 9.54. The van der Waals surface area contributed by atoms with Gasteiger partial charge in [0.25, 0.3) is 0 Å². The molecule has 20 heavy (non-hydrogen) atoms. The van der Waals surface area contributed by atoms with Crippen molar-refractivity contribution in [3.8, 4) is 0 Å². The fourth-order valence-corrected chi connectivity index (χ4v) is 2.39. The molecule has 106 valence electrons. The van der Waals surface area contributed by atoms with Crippen LogP contribution in [-0.4, -0.2) is 6.54 Å². The zero-order valence-electron chi connectivity index (χ0n) is 12.0. The molecule has 0 aromatic heterocycles. The lowest BCUT2D eigenvalue weighted by Gasteiger charge is -2.22. The second-order valence-electron chi connectivity index (χ2n) is 4.95. The molecule has 0 aliphatic carbocycles. The van der Waals surface area contributed by atoms with Crippen LogP contribution in [0.2, 0.25) is 0 Å². The lowest BCUT2D eigenvalue weighted by atomic mass is 9.92. The molecule has 0 heterocycles. The summed E-state index contributed by atoms with van der Waals surface area (Å²) in [6, 6.07) is 10.0. The van der Waals surface area contributed by atoms with E-state index in [9.17, 15) is 8.78 Å². The SMILES string of the molecule is CCNC(c1ccc(F)c(F)c1)c1cccc(C)c1C. The van der Waals surface area contributed by atoms with Crippen molar-refractivity contribution in [1.82, 2.24) is 5.32 Å². The summed E-state index contributed by atoms with van der Waals surface area (Å²) >= 11 is 0. The number of halogens is 2. The smallest absolute Gasteiger partial charge is 0.159 e. The molecular weight excluding hydrogens is 256 g/mol. The van der Waals surface area contributed by atoms with Crippen LogP contribution in [0.5, 0.6) is 0 Å².